The van der Waals surface area contributed by atoms with Gasteiger partial charge in [-0.3, -0.25) is 5.32 Å². The number of nitriles is 1. The van der Waals surface area contributed by atoms with E-state index >= 15 is 0 Å². The average molecular weight is 239 g/mol. The third-order valence-corrected chi connectivity index (χ3v) is 3.02. The molecule has 3 nitrogen and oxygen atoms in total. The van der Waals surface area contributed by atoms with Crippen LogP contribution < -0.4 is 5.32 Å². The highest BCUT2D eigenvalue weighted by Gasteiger charge is 2.23. The summed E-state index contributed by atoms with van der Waals surface area (Å²) in [6.45, 7) is 12.8. The molecule has 0 spiro atoms. The SMILES string of the molecule is CCCNC(C)(C#N)CCN(CCC)CCC. The fourth-order valence-corrected chi connectivity index (χ4v) is 1.93. The molecule has 0 rings (SSSR count). The van der Waals surface area contributed by atoms with Crippen molar-refractivity contribution in [1.82, 2.24) is 10.2 Å². The largest absolute Gasteiger partial charge is 0.303 e. The van der Waals surface area contributed by atoms with E-state index in [2.05, 4.69) is 37.1 Å². The molecule has 0 aliphatic heterocycles. The molecular formula is C14H29N3. The molecule has 0 aliphatic rings. The molecule has 0 aromatic carbocycles. The lowest BCUT2D eigenvalue weighted by atomic mass is 9.99. The van der Waals surface area contributed by atoms with Crippen LogP contribution in [0.15, 0.2) is 0 Å². The van der Waals surface area contributed by atoms with Gasteiger partial charge in [0.15, 0.2) is 0 Å². The maximum Gasteiger partial charge on any atom is 0.105 e. The molecule has 1 N–H and O–H groups in total. The van der Waals surface area contributed by atoms with Crippen LogP contribution >= 0.6 is 0 Å². The predicted octanol–water partition coefficient (Wildman–Crippen LogP) is 2.78. The molecule has 1 unspecified atom stereocenters. The smallest absolute Gasteiger partial charge is 0.105 e. The van der Waals surface area contributed by atoms with Gasteiger partial charge in [0.05, 0.1) is 6.07 Å². The molecule has 3 heteroatoms. The Bertz CT molecular complexity index is 216. The molecule has 0 saturated heterocycles. The summed E-state index contributed by atoms with van der Waals surface area (Å²) in [6.07, 6.45) is 4.35. The molecule has 1 atom stereocenters. The Kier molecular flexibility index (Phi) is 9.11. The first kappa shape index (κ1) is 16.4. The van der Waals surface area contributed by atoms with E-state index < -0.39 is 0 Å². The van der Waals surface area contributed by atoms with E-state index in [9.17, 15) is 5.26 Å². The van der Waals surface area contributed by atoms with Gasteiger partial charge in [0, 0.05) is 6.54 Å². The number of nitrogens with one attached hydrogen (secondary N) is 1. The van der Waals surface area contributed by atoms with E-state index in [1.165, 1.54) is 12.8 Å². The van der Waals surface area contributed by atoms with Crippen LogP contribution in [-0.4, -0.2) is 36.6 Å². The van der Waals surface area contributed by atoms with E-state index in [1.54, 1.807) is 0 Å². The quantitative estimate of drug-likeness (QED) is 0.637. The van der Waals surface area contributed by atoms with Crippen LogP contribution in [0.25, 0.3) is 0 Å². The maximum absolute atomic E-state index is 9.25. The van der Waals surface area contributed by atoms with Gasteiger partial charge in [0.1, 0.15) is 5.54 Å². The Hall–Kier alpha value is -0.590. The van der Waals surface area contributed by atoms with Gasteiger partial charge in [-0.1, -0.05) is 20.8 Å². The van der Waals surface area contributed by atoms with Crippen molar-refractivity contribution in [1.29, 1.82) is 5.26 Å². The van der Waals surface area contributed by atoms with E-state index in [0.29, 0.717) is 0 Å². The predicted molar refractivity (Wildman–Crippen MR) is 74.0 cm³/mol. The van der Waals surface area contributed by atoms with E-state index in [0.717, 1.165) is 39.0 Å². The number of nitrogens with zero attached hydrogens (tertiary/aromatic N) is 2. The summed E-state index contributed by atoms with van der Waals surface area (Å²) in [6, 6.07) is 2.42. The summed E-state index contributed by atoms with van der Waals surface area (Å²) in [7, 11) is 0. The molecule has 0 aliphatic carbocycles. The Balaban J connectivity index is 4.13. The number of hydrogen-bond acceptors (Lipinski definition) is 3. The van der Waals surface area contributed by atoms with Crippen LogP contribution in [-0.2, 0) is 0 Å². The van der Waals surface area contributed by atoms with E-state index in [-0.39, 0.29) is 5.54 Å². The third kappa shape index (κ3) is 7.36. The minimum Gasteiger partial charge on any atom is -0.303 e. The minimum atomic E-state index is -0.365. The molecule has 0 bridgehead atoms. The van der Waals surface area contributed by atoms with Crippen molar-refractivity contribution < 1.29 is 0 Å². The van der Waals surface area contributed by atoms with Crippen molar-refractivity contribution in [3.05, 3.63) is 0 Å². The topological polar surface area (TPSA) is 39.1 Å². The lowest BCUT2D eigenvalue weighted by molar-refractivity contribution is 0.245. The van der Waals surface area contributed by atoms with Gasteiger partial charge < -0.3 is 4.90 Å². The third-order valence-electron chi connectivity index (χ3n) is 3.02. The first-order chi connectivity index (χ1) is 8.11. The molecule has 0 aromatic heterocycles. The molecular weight excluding hydrogens is 210 g/mol. The highest BCUT2D eigenvalue weighted by atomic mass is 15.1. The zero-order valence-corrected chi connectivity index (χ0v) is 12.1. The molecule has 17 heavy (non-hydrogen) atoms. The summed E-state index contributed by atoms with van der Waals surface area (Å²) in [5.74, 6) is 0. The lowest BCUT2D eigenvalue weighted by Gasteiger charge is -2.28. The molecule has 0 radical (unpaired) electrons. The second-order valence-electron chi connectivity index (χ2n) is 4.96. The fraction of sp³-hybridized carbons (Fsp3) is 0.929. The van der Waals surface area contributed by atoms with Crippen molar-refractivity contribution in [3.8, 4) is 6.07 Å². The normalized spacial score (nSPS) is 14.6. The van der Waals surface area contributed by atoms with Crippen LogP contribution in [0.3, 0.4) is 0 Å². The van der Waals surface area contributed by atoms with Crippen LogP contribution in [0.4, 0.5) is 0 Å². The van der Waals surface area contributed by atoms with Gasteiger partial charge in [-0.25, -0.2) is 0 Å². The summed E-state index contributed by atoms with van der Waals surface area (Å²) in [5.41, 5.74) is -0.365. The first-order valence-corrected chi connectivity index (χ1v) is 7.00. The Labute approximate surface area is 107 Å². The van der Waals surface area contributed by atoms with Crippen LogP contribution in [0.5, 0.6) is 0 Å². The Morgan fingerprint density at radius 1 is 1.06 bits per heavy atom. The summed E-state index contributed by atoms with van der Waals surface area (Å²) >= 11 is 0. The average Bonchev–Trinajstić information content (AvgIpc) is 2.34. The fourth-order valence-electron chi connectivity index (χ4n) is 1.93. The summed E-state index contributed by atoms with van der Waals surface area (Å²) < 4.78 is 0. The molecule has 100 valence electrons. The minimum absolute atomic E-state index is 0.365. The van der Waals surface area contributed by atoms with Crippen LogP contribution in [0.2, 0.25) is 0 Å². The summed E-state index contributed by atoms with van der Waals surface area (Å²) in [4.78, 5) is 2.46. The van der Waals surface area contributed by atoms with E-state index in [4.69, 9.17) is 0 Å². The zero-order valence-electron chi connectivity index (χ0n) is 12.1. The Morgan fingerprint density at radius 2 is 1.65 bits per heavy atom. The number of hydrogen-bond donors (Lipinski definition) is 1. The van der Waals surface area contributed by atoms with Crippen LogP contribution in [0.1, 0.15) is 53.4 Å². The monoisotopic (exact) mass is 239 g/mol. The summed E-state index contributed by atoms with van der Waals surface area (Å²) in [5, 5.41) is 12.6. The molecule has 0 amide bonds. The molecule has 0 fully saturated rings. The van der Waals surface area contributed by atoms with Gasteiger partial charge in [-0.2, -0.15) is 5.26 Å². The Morgan fingerprint density at radius 3 is 2.06 bits per heavy atom. The molecule has 0 saturated carbocycles. The lowest BCUT2D eigenvalue weighted by Crippen LogP contribution is -2.44. The van der Waals surface area contributed by atoms with Gasteiger partial charge >= 0.3 is 0 Å². The second-order valence-corrected chi connectivity index (χ2v) is 4.96. The van der Waals surface area contributed by atoms with Crippen molar-refractivity contribution in [2.75, 3.05) is 26.2 Å². The van der Waals surface area contributed by atoms with Crippen LogP contribution in [0, 0.1) is 11.3 Å². The molecule has 0 aromatic rings. The van der Waals surface area contributed by atoms with Crippen molar-refractivity contribution in [2.45, 2.75) is 58.9 Å². The van der Waals surface area contributed by atoms with E-state index in [1.807, 2.05) is 6.92 Å². The van der Waals surface area contributed by atoms with Crippen molar-refractivity contribution in [2.24, 2.45) is 0 Å². The highest BCUT2D eigenvalue weighted by Crippen LogP contribution is 2.10. The van der Waals surface area contributed by atoms with Crippen molar-refractivity contribution >= 4 is 0 Å². The zero-order chi connectivity index (χ0) is 13.1. The maximum atomic E-state index is 9.25. The standard InChI is InChI=1S/C14H29N3/c1-5-9-16-14(4,13-15)8-12-17(10-6-2)11-7-3/h16H,5-12H2,1-4H3. The first-order valence-electron chi connectivity index (χ1n) is 7.00. The molecule has 0 heterocycles. The van der Waals surface area contributed by atoms with Gasteiger partial charge in [-0.15, -0.1) is 0 Å². The van der Waals surface area contributed by atoms with Gasteiger partial charge in [0.25, 0.3) is 0 Å². The second kappa shape index (κ2) is 9.44. The van der Waals surface area contributed by atoms with Gasteiger partial charge in [0.2, 0.25) is 0 Å². The van der Waals surface area contributed by atoms with Gasteiger partial charge in [-0.05, 0) is 52.2 Å². The number of rotatable bonds is 10. The van der Waals surface area contributed by atoms with Crippen molar-refractivity contribution in [3.63, 3.8) is 0 Å². The highest BCUT2D eigenvalue weighted by molar-refractivity contribution is 5.03.